The molecule has 0 radical (unpaired) electrons. The second-order valence-corrected chi connectivity index (χ2v) is 2.29. The predicted octanol–water partition coefficient (Wildman–Crippen LogP) is 1.27. The Morgan fingerprint density at radius 3 is 2.21 bits per heavy atom. The molecule has 1 atom stereocenters. The van der Waals surface area contributed by atoms with Gasteiger partial charge >= 0.3 is 5.97 Å². The van der Waals surface area contributed by atoms with Gasteiger partial charge in [0.2, 0.25) is 5.91 Å². The fraction of sp³-hybridized carbons (Fsp3) is 0.600. The highest BCUT2D eigenvalue weighted by Gasteiger charge is 2.00. The van der Waals surface area contributed by atoms with Crippen LogP contribution < -0.4 is 5.32 Å². The molecule has 0 aliphatic rings. The van der Waals surface area contributed by atoms with Gasteiger partial charge in [-0.25, -0.2) is 0 Å². The molecule has 0 fully saturated rings. The van der Waals surface area contributed by atoms with Gasteiger partial charge in [-0.1, -0.05) is 13.8 Å². The van der Waals surface area contributed by atoms with Crippen LogP contribution in [0.4, 0.5) is 0 Å². The zero-order valence-corrected chi connectivity index (χ0v) is 9.46. The summed E-state index contributed by atoms with van der Waals surface area (Å²) in [6.07, 6.45) is 2.48. The summed E-state index contributed by atoms with van der Waals surface area (Å²) in [6.45, 7) is 7.01. The van der Waals surface area contributed by atoms with Crippen LogP contribution in [0.15, 0.2) is 12.2 Å². The molecule has 0 heterocycles. The number of amides is 1. The second kappa shape index (κ2) is 9.77. The van der Waals surface area contributed by atoms with Gasteiger partial charge in [-0.3, -0.25) is 9.59 Å². The summed E-state index contributed by atoms with van der Waals surface area (Å²) in [7, 11) is 1.53. The minimum absolute atomic E-state index is 0.214. The van der Waals surface area contributed by atoms with Crippen molar-refractivity contribution in [3.05, 3.63) is 12.2 Å². The lowest BCUT2D eigenvalue weighted by atomic mass is 10.3. The molecular formula is C10H19NO3. The van der Waals surface area contributed by atoms with Crippen LogP contribution in [0.25, 0.3) is 0 Å². The molecule has 0 rings (SSSR count). The summed E-state index contributed by atoms with van der Waals surface area (Å²) in [5.41, 5.74) is 0. The first kappa shape index (κ1) is 15.2. The maximum atomic E-state index is 10.7. The van der Waals surface area contributed by atoms with E-state index in [2.05, 4.69) is 5.32 Å². The summed E-state index contributed by atoms with van der Waals surface area (Å²) in [4.78, 5) is 21.1. The summed E-state index contributed by atoms with van der Waals surface area (Å²) < 4.78 is 4.74. The lowest BCUT2D eigenvalue weighted by Crippen LogP contribution is -2.16. The average molecular weight is 201 g/mol. The third-order valence-electron chi connectivity index (χ3n) is 1.12. The van der Waals surface area contributed by atoms with Crippen molar-refractivity contribution in [3.8, 4) is 0 Å². The predicted molar refractivity (Wildman–Crippen MR) is 55.8 cm³/mol. The number of carbonyl (C=O) groups is 2. The van der Waals surface area contributed by atoms with Crippen molar-refractivity contribution in [2.24, 2.45) is 0 Å². The molecule has 0 aliphatic heterocycles. The molecule has 0 aromatic heterocycles. The molecule has 1 amide bonds. The van der Waals surface area contributed by atoms with Gasteiger partial charge in [-0.2, -0.15) is 0 Å². The Balaban J connectivity index is 0. The van der Waals surface area contributed by atoms with Crippen LogP contribution in [0.1, 0.15) is 27.7 Å². The highest BCUT2D eigenvalue weighted by Crippen LogP contribution is 1.92. The van der Waals surface area contributed by atoms with E-state index in [9.17, 15) is 9.59 Å². The van der Waals surface area contributed by atoms with Crippen molar-refractivity contribution >= 4 is 11.9 Å². The van der Waals surface area contributed by atoms with Crippen LogP contribution in [-0.4, -0.2) is 25.0 Å². The minimum atomic E-state index is -0.361. The van der Waals surface area contributed by atoms with Crippen LogP contribution in [0, 0.1) is 0 Å². The van der Waals surface area contributed by atoms with Crippen LogP contribution in [0.5, 0.6) is 0 Å². The van der Waals surface area contributed by atoms with E-state index in [1.54, 1.807) is 6.92 Å². The van der Waals surface area contributed by atoms with Crippen molar-refractivity contribution in [1.29, 1.82) is 0 Å². The maximum Gasteiger partial charge on any atom is 0.303 e. The monoisotopic (exact) mass is 201 g/mol. The Morgan fingerprint density at radius 2 is 1.86 bits per heavy atom. The molecule has 82 valence electrons. The summed E-state index contributed by atoms with van der Waals surface area (Å²) in [5, 5.41) is 2.41. The maximum absolute atomic E-state index is 10.7. The first-order valence-corrected chi connectivity index (χ1v) is 4.63. The van der Waals surface area contributed by atoms with E-state index >= 15 is 0 Å². The van der Waals surface area contributed by atoms with E-state index in [-0.39, 0.29) is 18.0 Å². The van der Waals surface area contributed by atoms with Gasteiger partial charge in [0.25, 0.3) is 0 Å². The number of carbonyl (C=O) groups excluding carboxylic acids is 2. The van der Waals surface area contributed by atoms with E-state index in [0.29, 0.717) is 0 Å². The topological polar surface area (TPSA) is 55.4 Å². The third-order valence-corrected chi connectivity index (χ3v) is 1.12. The van der Waals surface area contributed by atoms with Gasteiger partial charge < -0.3 is 10.1 Å². The number of nitrogens with one attached hydrogen (secondary N) is 1. The van der Waals surface area contributed by atoms with Crippen molar-refractivity contribution in [2.75, 3.05) is 7.05 Å². The molecule has 0 aromatic carbocycles. The van der Waals surface area contributed by atoms with E-state index < -0.39 is 0 Å². The minimum Gasteiger partial charge on any atom is -0.459 e. The molecule has 1 N–H and O–H groups in total. The zero-order chi connectivity index (χ0) is 11.6. The van der Waals surface area contributed by atoms with E-state index in [4.69, 9.17) is 4.74 Å². The van der Waals surface area contributed by atoms with Gasteiger partial charge in [0.15, 0.2) is 0 Å². The zero-order valence-electron chi connectivity index (χ0n) is 9.46. The van der Waals surface area contributed by atoms with E-state index in [1.165, 1.54) is 26.1 Å². The summed E-state index contributed by atoms with van der Waals surface area (Å²) in [6, 6.07) is 0. The third kappa shape index (κ3) is 10.7. The van der Waals surface area contributed by atoms with Crippen LogP contribution >= 0.6 is 0 Å². The molecule has 0 aliphatic carbocycles. The van der Waals surface area contributed by atoms with Gasteiger partial charge in [0.05, 0.1) is 0 Å². The Kier molecular flexibility index (Phi) is 10.6. The molecule has 0 aromatic rings. The number of hydrogen-bond donors (Lipinski definition) is 1. The molecule has 0 saturated heterocycles. The fourth-order valence-electron chi connectivity index (χ4n) is 0.607. The molecule has 0 bridgehead atoms. The number of hydrogen-bond acceptors (Lipinski definition) is 3. The molecule has 0 spiro atoms. The number of esters is 1. The van der Waals surface area contributed by atoms with E-state index in [0.717, 1.165) is 0 Å². The van der Waals surface area contributed by atoms with Crippen LogP contribution in [0.3, 0.4) is 0 Å². The average Bonchev–Trinajstić information content (AvgIpc) is 2.16. The van der Waals surface area contributed by atoms with Gasteiger partial charge in [-0.15, -0.1) is 0 Å². The van der Waals surface area contributed by atoms with Crippen LogP contribution in [0.2, 0.25) is 0 Å². The molecule has 4 nitrogen and oxygen atoms in total. The number of rotatable bonds is 3. The highest BCUT2D eigenvalue weighted by atomic mass is 16.5. The summed E-state index contributed by atoms with van der Waals surface area (Å²) >= 11 is 0. The highest BCUT2D eigenvalue weighted by molar-refractivity contribution is 5.87. The van der Waals surface area contributed by atoms with Crippen molar-refractivity contribution < 1.29 is 14.3 Å². The van der Waals surface area contributed by atoms with Crippen molar-refractivity contribution in [3.63, 3.8) is 0 Å². The molecule has 4 heteroatoms. The van der Waals surface area contributed by atoms with Crippen LogP contribution in [-0.2, 0) is 14.3 Å². The normalized spacial score (nSPS) is 11.2. The second-order valence-electron chi connectivity index (χ2n) is 2.29. The number of ether oxygens (including phenoxy) is 1. The molecular weight excluding hydrogens is 182 g/mol. The Bertz CT molecular complexity index is 200. The fourth-order valence-corrected chi connectivity index (χ4v) is 0.607. The largest absolute Gasteiger partial charge is 0.459 e. The summed E-state index contributed by atoms with van der Waals surface area (Å²) in [5.74, 6) is -0.571. The van der Waals surface area contributed by atoms with Gasteiger partial charge in [0.1, 0.15) is 6.10 Å². The van der Waals surface area contributed by atoms with Gasteiger partial charge in [0, 0.05) is 20.0 Å². The molecule has 0 saturated carbocycles. The van der Waals surface area contributed by atoms with Crippen molar-refractivity contribution in [2.45, 2.75) is 33.8 Å². The lowest BCUT2D eigenvalue weighted by Gasteiger charge is -2.05. The standard InChI is InChI=1S/C8H13NO3.C2H6/c1-6(12-7(2)10)4-5-8(11)9-3;1-2/h4-6H,1-3H3,(H,9,11);1-2H3/b5-4-;. The first-order valence-electron chi connectivity index (χ1n) is 4.63. The SMILES string of the molecule is CC.CNC(=O)/C=C\C(C)OC(C)=O. The molecule has 1 unspecified atom stereocenters. The van der Waals surface area contributed by atoms with E-state index in [1.807, 2.05) is 13.8 Å². The lowest BCUT2D eigenvalue weighted by molar-refractivity contribution is -0.143. The Morgan fingerprint density at radius 1 is 1.36 bits per heavy atom. The van der Waals surface area contributed by atoms with Gasteiger partial charge in [-0.05, 0) is 13.0 Å². The quantitative estimate of drug-likeness (QED) is 0.552. The smallest absolute Gasteiger partial charge is 0.303 e. The molecule has 14 heavy (non-hydrogen) atoms. The number of likely N-dealkylation sites (N-methyl/N-ethyl adjacent to an activating group) is 1. The Labute approximate surface area is 85.3 Å². The Hall–Kier alpha value is -1.32. The van der Waals surface area contributed by atoms with Crippen molar-refractivity contribution in [1.82, 2.24) is 5.32 Å². The first-order chi connectivity index (χ1) is 6.56.